The standard InChI is InChI=1S/C13H6ClF3N2S/c14-9-6-18-4-3-8(9)12-19-10-5-7(13(15,16)17)1-2-11(10)20-12/h1-6H. The summed E-state index contributed by atoms with van der Waals surface area (Å²) in [5.41, 5.74) is 0.270. The van der Waals surface area contributed by atoms with Gasteiger partial charge in [0.1, 0.15) is 5.01 Å². The zero-order chi connectivity index (χ0) is 14.3. The molecule has 1 aromatic carbocycles. The molecule has 0 N–H and O–H groups in total. The van der Waals surface area contributed by atoms with Gasteiger partial charge in [-0.05, 0) is 24.3 Å². The normalized spacial score (nSPS) is 12.0. The first-order valence-corrected chi connectivity index (χ1v) is 6.72. The molecule has 2 aromatic heterocycles. The quantitative estimate of drug-likeness (QED) is 0.629. The number of benzene rings is 1. The van der Waals surface area contributed by atoms with Crippen LogP contribution in [0.2, 0.25) is 5.02 Å². The molecule has 2 nitrogen and oxygen atoms in total. The van der Waals surface area contributed by atoms with E-state index in [1.165, 1.54) is 23.6 Å². The highest BCUT2D eigenvalue weighted by molar-refractivity contribution is 7.21. The maximum Gasteiger partial charge on any atom is 0.416 e. The molecule has 0 saturated carbocycles. The number of pyridine rings is 1. The summed E-state index contributed by atoms with van der Waals surface area (Å²) in [6, 6.07) is 5.21. The third-order valence-electron chi connectivity index (χ3n) is 2.72. The van der Waals surface area contributed by atoms with E-state index in [1.54, 1.807) is 12.3 Å². The summed E-state index contributed by atoms with van der Waals surface area (Å²) in [4.78, 5) is 8.09. The van der Waals surface area contributed by atoms with E-state index in [-0.39, 0.29) is 0 Å². The minimum Gasteiger partial charge on any atom is -0.263 e. The number of rotatable bonds is 1. The van der Waals surface area contributed by atoms with Gasteiger partial charge >= 0.3 is 6.18 Å². The highest BCUT2D eigenvalue weighted by atomic mass is 35.5. The maximum atomic E-state index is 12.7. The lowest BCUT2D eigenvalue weighted by Crippen LogP contribution is -2.03. The van der Waals surface area contributed by atoms with Crippen molar-refractivity contribution in [2.24, 2.45) is 0 Å². The Morgan fingerprint density at radius 2 is 1.95 bits per heavy atom. The summed E-state index contributed by atoms with van der Waals surface area (Å²) < 4.78 is 38.6. The Morgan fingerprint density at radius 3 is 2.65 bits per heavy atom. The van der Waals surface area contributed by atoms with Gasteiger partial charge in [0.15, 0.2) is 0 Å². The second-order valence-corrected chi connectivity index (χ2v) is 5.49. The molecular weight excluding hydrogens is 309 g/mol. The van der Waals surface area contributed by atoms with Gasteiger partial charge in [0.05, 0.1) is 20.8 Å². The number of halogens is 4. The molecule has 0 amide bonds. The van der Waals surface area contributed by atoms with Gasteiger partial charge in [-0.25, -0.2) is 4.98 Å². The van der Waals surface area contributed by atoms with Crippen molar-refractivity contribution in [2.75, 3.05) is 0 Å². The van der Waals surface area contributed by atoms with Gasteiger partial charge in [-0.2, -0.15) is 13.2 Å². The Morgan fingerprint density at radius 1 is 1.15 bits per heavy atom. The fourth-order valence-electron chi connectivity index (χ4n) is 1.77. The zero-order valence-corrected chi connectivity index (χ0v) is 11.4. The van der Waals surface area contributed by atoms with E-state index in [0.717, 1.165) is 12.1 Å². The predicted octanol–water partition coefficient (Wildman–Crippen LogP) is 5.03. The Kier molecular flexibility index (Phi) is 3.14. The van der Waals surface area contributed by atoms with Crippen molar-refractivity contribution in [3.05, 3.63) is 47.2 Å². The molecule has 3 aromatic rings. The van der Waals surface area contributed by atoms with Gasteiger partial charge in [0.2, 0.25) is 0 Å². The number of hydrogen-bond acceptors (Lipinski definition) is 3. The Hall–Kier alpha value is -1.66. The fourth-order valence-corrected chi connectivity index (χ4v) is 3.02. The van der Waals surface area contributed by atoms with Crippen molar-refractivity contribution >= 4 is 33.2 Å². The van der Waals surface area contributed by atoms with Gasteiger partial charge in [-0.1, -0.05) is 11.6 Å². The Bertz CT molecular complexity index is 783. The first-order valence-electron chi connectivity index (χ1n) is 5.53. The summed E-state index contributed by atoms with van der Waals surface area (Å²) in [6.45, 7) is 0. The lowest BCUT2D eigenvalue weighted by molar-refractivity contribution is -0.137. The molecule has 7 heteroatoms. The molecule has 0 aliphatic rings. The van der Waals surface area contributed by atoms with Crippen molar-refractivity contribution in [1.82, 2.24) is 9.97 Å². The molecule has 0 atom stereocenters. The van der Waals surface area contributed by atoms with E-state index in [4.69, 9.17) is 11.6 Å². The van der Waals surface area contributed by atoms with Crippen molar-refractivity contribution in [3.8, 4) is 10.6 Å². The van der Waals surface area contributed by atoms with Gasteiger partial charge in [-0.15, -0.1) is 11.3 Å². The molecule has 0 saturated heterocycles. The molecule has 0 aliphatic heterocycles. The summed E-state index contributed by atoms with van der Waals surface area (Å²) in [7, 11) is 0. The second-order valence-electron chi connectivity index (χ2n) is 4.05. The molecule has 0 unspecified atom stereocenters. The maximum absolute atomic E-state index is 12.7. The van der Waals surface area contributed by atoms with Crippen LogP contribution in [0.25, 0.3) is 20.8 Å². The van der Waals surface area contributed by atoms with Crippen LogP contribution in [-0.4, -0.2) is 9.97 Å². The fraction of sp³-hybridized carbons (Fsp3) is 0.0769. The number of hydrogen-bond donors (Lipinski definition) is 0. The number of nitrogens with zero attached hydrogens (tertiary/aromatic N) is 2. The Labute approximate surface area is 120 Å². The Balaban J connectivity index is 2.14. The van der Waals surface area contributed by atoms with Crippen LogP contribution in [0.1, 0.15) is 5.56 Å². The molecule has 2 heterocycles. The smallest absolute Gasteiger partial charge is 0.263 e. The van der Waals surface area contributed by atoms with Crippen LogP contribution < -0.4 is 0 Å². The molecular formula is C13H6ClF3N2S. The minimum atomic E-state index is -4.37. The van der Waals surface area contributed by atoms with E-state index in [0.29, 0.717) is 25.8 Å². The molecule has 0 radical (unpaired) electrons. The van der Waals surface area contributed by atoms with Crippen molar-refractivity contribution < 1.29 is 13.2 Å². The number of alkyl halides is 3. The van der Waals surface area contributed by atoms with E-state index < -0.39 is 11.7 Å². The average Bonchev–Trinajstić information content (AvgIpc) is 2.80. The van der Waals surface area contributed by atoms with Crippen LogP contribution in [0.5, 0.6) is 0 Å². The number of fused-ring (bicyclic) bond motifs is 1. The summed E-state index contributed by atoms with van der Waals surface area (Å²) in [6.07, 6.45) is -1.33. The summed E-state index contributed by atoms with van der Waals surface area (Å²) in [5, 5.41) is 0.995. The highest BCUT2D eigenvalue weighted by Gasteiger charge is 2.30. The molecule has 20 heavy (non-hydrogen) atoms. The lowest BCUT2D eigenvalue weighted by Gasteiger charge is -2.04. The van der Waals surface area contributed by atoms with Gasteiger partial charge in [0, 0.05) is 18.0 Å². The summed E-state index contributed by atoms with van der Waals surface area (Å²) in [5.74, 6) is 0. The molecule has 0 aliphatic carbocycles. The largest absolute Gasteiger partial charge is 0.416 e. The van der Waals surface area contributed by atoms with Crippen molar-refractivity contribution in [2.45, 2.75) is 6.18 Å². The zero-order valence-electron chi connectivity index (χ0n) is 9.78. The first kappa shape index (κ1) is 13.3. The van der Waals surface area contributed by atoms with Crippen LogP contribution in [0, 0.1) is 0 Å². The van der Waals surface area contributed by atoms with Crippen molar-refractivity contribution in [1.29, 1.82) is 0 Å². The molecule has 3 rings (SSSR count). The molecule has 0 bridgehead atoms. The minimum absolute atomic E-state index is 0.313. The SMILES string of the molecule is FC(F)(F)c1ccc2sc(-c3ccncc3Cl)nc2c1. The third-order valence-corrected chi connectivity index (χ3v) is 4.09. The monoisotopic (exact) mass is 314 g/mol. The van der Waals surface area contributed by atoms with Gasteiger partial charge < -0.3 is 0 Å². The lowest BCUT2D eigenvalue weighted by atomic mass is 10.2. The van der Waals surface area contributed by atoms with Crippen LogP contribution in [0.4, 0.5) is 13.2 Å². The van der Waals surface area contributed by atoms with E-state index >= 15 is 0 Å². The molecule has 102 valence electrons. The van der Waals surface area contributed by atoms with Crippen LogP contribution >= 0.6 is 22.9 Å². The van der Waals surface area contributed by atoms with Crippen LogP contribution in [0.15, 0.2) is 36.7 Å². The van der Waals surface area contributed by atoms with E-state index in [9.17, 15) is 13.2 Å². The highest BCUT2D eigenvalue weighted by Crippen LogP contribution is 2.36. The molecule has 0 fully saturated rings. The van der Waals surface area contributed by atoms with Crippen molar-refractivity contribution in [3.63, 3.8) is 0 Å². The first-order chi connectivity index (χ1) is 9.45. The second kappa shape index (κ2) is 4.71. The summed E-state index contributed by atoms with van der Waals surface area (Å²) >= 11 is 7.31. The van der Waals surface area contributed by atoms with Crippen LogP contribution in [0.3, 0.4) is 0 Å². The van der Waals surface area contributed by atoms with Crippen LogP contribution in [-0.2, 0) is 6.18 Å². The van der Waals surface area contributed by atoms with Gasteiger partial charge in [-0.3, -0.25) is 4.98 Å². The topological polar surface area (TPSA) is 25.8 Å². The van der Waals surface area contributed by atoms with E-state index in [1.807, 2.05) is 0 Å². The predicted molar refractivity (Wildman–Crippen MR) is 72.9 cm³/mol. The molecule has 0 spiro atoms. The van der Waals surface area contributed by atoms with E-state index in [2.05, 4.69) is 9.97 Å². The van der Waals surface area contributed by atoms with Gasteiger partial charge in [0.25, 0.3) is 0 Å². The number of aromatic nitrogens is 2. The number of thiazole rings is 1. The average molecular weight is 315 g/mol. The third kappa shape index (κ3) is 2.36.